The minimum absolute atomic E-state index is 0.883. The van der Waals surface area contributed by atoms with Gasteiger partial charge in [-0.1, -0.05) is 183 Å². The Kier molecular flexibility index (Phi) is 11.4. The van der Waals surface area contributed by atoms with Gasteiger partial charge in [0, 0.05) is 63.9 Å². The minimum atomic E-state index is 0.883. The molecule has 16 rings (SSSR count). The number of allylic oxidation sites excluding steroid dienone is 5. The Labute approximate surface area is 484 Å². The Morgan fingerprint density at radius 1 is 0.361 bits per heavy atom. The smallest absolute Gasteiger partial charge is 0.135 e. The number of para-hydroxylation sites is 1. The predicted octanol–water partition coefficient (Wildman–Crippen LogP) is 22.6. The highest BCUT2D eigenvalue weighted by Crippen LogP contribution is 2.44. The summed E-state index contributed by atoms with van der Waals surface area (Å²) in [5.74, 6) is 0. The molecule has 0 amide bonds. The van der Waals surface area contributed by atoms with Crippen molar-refractivity contribution in [1.82, 2.24) is 9.13 Å². The molecule has 0 spiro atoms. The summed E-state index contributed by atoms with van der Waals surface area (Å²) < 4.78 is 13.8. The van der Waals surface area contributed by atoms with Crippen molar-refractivity contribution in [1.29, 1.82) is 0 Å². The second-order valence-electron chi connectivity index (χ2n) is 21.6. The van der Waals surface area contributed by atoms with E-state index in [0.717, 1.165) is 77.7 Å². The van der Waals surface area contributed by atoms with Crippen molar-refractivity contribution in [2.45, 2.75) is 6.92 Å². The van der Waals surface area contributed by atoms with Crippen LogP contribution in [0.2, 0.25) is 0 Å². The summed E-state index contributed by atoms with van der Waals surface area (Å²) in [4.78, 5) is 0. The van der Waals surface area contributed by atoms with Crippen molar-refractivity contribution in [3.63, 3.8) is 0 Å². The van der Waals surface area contributed by atoms with Crippen LogP contribution < -0.4 is 0 Å². The molecule has 0 unspecified atom stereocenters. The van der Waals surface area contributed by atoms with Gasteiger partial charge in [0.15, 0.2) is 0 Å². The zero-order chi connectivity index (χ0) is 55.1. The number of fused-ring (bicyclic) bond motifs is 12. The van der Waals surface area contributed by atoms with Gasteiger partial charge in [0.25, 0.3) is 0 Å². The maximum atomic E-state index is 6.28. The topological polar surface area (TPSA) is 23.0 Å². The van der Waals surface area contributed by atoms with Gasteiger partial charge >= 0.3 is 0 Å². The molecule has 0 aliphatic heterocycles. The summed E-state index contributed by atoms with van der Waals surface area (Å²) in [6.07, 6.45) is 8.19. The Morgan fingerprint density at radius 3 is 1.49 bits per heavy atom. The molecule has 0 saturated carbocycles. The van der Waals surface area contributed by atoms with Crippen LogP contribution in [0.4, 0.5) is 0 Å². The van der Waals surface area contributed by atoms with Crippen LogP contribution in [-0.2, 0) is 0 Å². The number of rotatable bonds is 10. The predicted molar refractivity (Wildman–Crippen MR) is 355 cm³/mol. The molecule has 4 heterocycles. The fourth-order valence-electron chi connectivity index (χ4n) is 12.9. The molecule has 4 heteroatoms. The number of aromatic nitrogens is 2. The van der Waals surface area contributed by atoms with Gasteiger partial charge in [-0.15, -0.1) is 11.3 Å². The Bertz CT molecular complexity index is 5370. The first kappa shape index (κ1) is 48.4. The molecule has 0 radical (unpaired) electrons. The molecule has 390 valence electrons. The zero-order valence-electron chi connectivity index (χ0n) is 45.6. The molecule has 0 fully saturated rings. The van der Waals surface area contributed by atoms with Gasteiger partial charge in [0.2, 0.25) is 0 Å². The van der Waals surface area contributed by atoms with Crippen molar-refractivity contribution >= 4 is 103 Å². The molecule has 0 N–H and O–H groups in total. The molecular formula is C79H52N2OS. The number of furan rings is 1. The maximum absolute atomic E-state index is 6.28. The molecule has 12 aromatic carbocycles. The first-order valence-corrected chi connectivity index (χ1v) is 29.2. The standard InChI is InChI=1S/C79H52N2OS/c1-3-16-50(17-4-2)56-30-36-72-66(44-56)67-45-57(31-37-73(67)80(72)60-34-40-77-70(48-60)64-26-10-12-28-76(64)82-77)54-22-14-20-52(42-54)53-21-15-23-55(43-53)58-32-38-74-68(46-58)69-47-59(63-25-9-8-24-62(63)51-18-6-5-7-19-51)33-39-75(69)81(74)61-35-41-79-71(49-61)65-27-11-13-29-78(65)83-79/h3-49H,1H2,2H3/b17-4-,50-16+. The normalized spacial score (nSPS) is 12.2. The Balaban J connectivity index is 0.810. The average Bonchev–Trinajstić information content (AvgIpc) is 3.03. The number of hydrogen-bond donors (Lipinski definition) is 0. The van der Waals surface area contributed by atoms with Gasteiger partial charge < -0.3 is 13.6 Å². The van der Waals surface area contributed by atoms with Crippen LogP contribution in [0, 0.1) is 0 Å². The average molecular weight is 1080 g/mol. The van der Waals surface area contributed by atoms with Gasteiger partial charge in [-0.2, -0.15) is 0 Å². The van der Waals surface area contributed by atoms with E-state index >= 15 is 0 Å². The third-order valence-electron chi connectivity index (χ3n) is 16.8. The molecule has 0 atom stereocenters. The van der Waals surface area contributed by atoms with Crippen molar-refractivity contribution < 1.29 is 4.42 Å². The van der Waals surface area contributed by atoms with Crippen molar-refractivity contribution in [2.75, 3.05) is 0 Å². The van der Waals surface area contributed by atoms with Crippen LogP contribution in [0.3, 0.4) is 0 Å². The number of benzene rings is 12. The quantitative estimate of drug-likeness (QED) is 0.125. The van der Waals surface area contributed by atoms with E-state index in [1.54, 1.807) is 0 Å². The van der Waals surface area contributed by atoms with E-state index in [-0.39, 0.29) is 0 Å². The largest absolute Gasteiger partial charge is 0.456 e. The number of hydrogen-bond acceptors (Lipinski definition) is 2. The first-order chi connectivity index (χ1) is 41.0. The third kappa shape index (κ3) is 8.09. The lowest BCUT2D eigenvalue weighted by Crippen LogP contribution is -1.94. The van der Waals surface area contributed by atoms with E-state index in [2.05, 4.69) is 290 Å². The maximum Gasteiger partial charge on any atom is 0.135 e. The van der Waals surface area contributed by atoms with E-state index in [4.69, 9.17) is 4.42 Å². The van der Waals surface area contributed by atoms with Crippen LogP contribution in [0.5, 0.6) is 0 Å². The molecule has 0 bridgehead atoms. The molecule has 4 aromatic heterocycles. The minimum Gasteiger partial charge on any atom is -0.456 e. The first-order valence-electron chi connectivity index (χ1n) is 28.4. The summed E-state index contributed by atoms with van der Waals surface area (Å²) in [5, 5.41) is 9.61. The van der Waals surface area contributed by atoms with Crippen LogP contribution in [0.15, 0.2) is 296 Å². The van der Waals surface area contributed by atoms with E-state index in [1.165, 1.54) is 86.1 Å². The van der Waals surface area contributed by atoms with Gasteiger partial charge in [0.05, 0.1) is 22.1 Å². The molecular weight excluding hydrogens is 1020 g/mol. The van der Waals surface area contributed by atoms with Crippen LogP contribution in [0.1, 0.15) is 12.5 Å². The molecule has 0 aliphatic rings. The van der Waals surface area contributed by atoms with Gasteiger partial charge in [-0.3, -0.25) is 0 Å². The number of thiophene rings is 1. The third-order valence-corrected chi connectivity index (χ3v) is 17.9. The highest BCUT2D eigenvalue weighted by Gasteiger charge is 2.20. The van der Waals surface area contributed by atoms with Gasteiger partial charge in [-0.05, 0) is 183 Å². The second-order valence-corrected chi connectivity index (χ2v) is 22.7. The monoisotopic (exact) mass is 1080 g/mol. The van der Waals surface area contributed by atoms with E-state index in [0.29, 0.717) is 0 Å². The molecule has 83 heavy (non-hydrogen) atoms. The van der Waals surface area contributed by atoms with E-state index in [1.807, 2.05) is 29.5 Å². The van der Waals surface area contributed by atoms with Gasteiger partial charge in [0.1, 0.15) is 11.2 Å². The van der Waals surface area contributed by atoms with E-state index < -0.39 is 0 Å². The van der Waals surface area contributed by atoms with E-state index in [9.17, 15) is 0 Å². The zero-order valence-corrected chi connectivity index (χ0v) is 46.4. The van der Waals surface area contributed by atoms with Crippen molar-refractivity contribution in [2.24, 2.45) is 0 Å². The fourth-order valence-corrected chi connectivity index (χ4v) is 14.0. The highest BCUT2D eigenvalue weighted by atomic mass is 32.1. The van der Waals surface area contributed by atoms with Crippen LogP contribution in [-0.4, -0.2) is 9.13 Å². The lowest BCUT2D eigenvalue weighted by atomic mass is 9.93. The van der Waals surface area contributed by atoms with Crippen molar-refractivity contribution in [3.8, 4) is 67.0 Å². The molecule has 3 nitrogen and oxygen atoms in total. The summed E-state index contributed by atoms with van der Waals surface area (Å²) >= 11 is 1.86. The second kappa shape index (κ2) is 19.6. The summed E-state index contributed by atoms with van der Waals surface area (Å²) in [7, 11) is 0. The summed E-state index contributed by atoms with van der Waals surface area (Å²) in [6.45, 7) is 6.10. The molecule has 16 aromatic rings. The number of nitrogens with zero attached hydrogens (tertiary/aromatic N) is 2. The lowest BCUT2D eigenvalue weighted by molar-refractivity contribution is 0.669. The Morgan fingerprint density at radius 2 is 0.843 bits per heavy atom. The lowest BCUT2D eigenvalue weighted by Gasteiger charge is -2.11. The summed E-state index contributed by atoms with van der Waals surface area (Å²) in [5.41, 5.74) is 22.7. The van der Waals surface area contributed by atoms with Gasteiger partial charge in [-0.25, -0.2) is 0 Å². The van der Waals surface area contributed by atoms with Crippen molar-refractivity contribution in [3.05, 3.63) is 297 Å². The molecule has 0 aliphatic carbocycles. The SMILES string of the molecule is C=C/C=C(\C=C/C)c1ccc2c(c1)c1cc(-c3cccc(-c4cccc(-c5ccc6c(c5)c5cc(-c7ccccc7-c7ccccc7)ccc5n6-c5ccc6sc7ccccc7c6c5)c4)c3)ccc1n2-c1ccc2oc3ccccc3c2c1. The molecule has 0 saturated heterocycles. The Hall–Kier alpha value is -10.5. The van der Waals surface area contributed by atoms with Crippen LogP contribution in [0.25, 0.3) is 158 Å². The fraction of sp³-hybridized carbons (Fsp3) is 0.0127. The van der Waals surface area contributed by atoms with Crippen LogP contribution >= 0.6 is 11.3 Å². The summed E-state index contributed by atoms with van der Waals surface area (Å²) in [6, 6.07) is 96.1. The highest BCUT2D eigenvalue weighted by molar-refractivity contribution is 7.25.